The Hall–Kier alpha value is -5.02. The van der Waals surface area contributed by atoms with Gasteiger partial charge in [-0.2, -0.15) is 0 Å². The molecule has 5 heterocycles. The molecule has 3 aromatic heterocycles. The Balaban J connectivity index is 1.49. The van der Waals surface area contributed by atoms with Crippen LogP contribution in [-0.4, -0.2) is 54.9 Å². The Labute approximate surface area is 220 Å². The van der Waals surface area contributed by atoms with Gasteiger partial charge in [-0.15, -0.1) is 0 Å². The first-order valence-electron chi connectivity index (χ1n) is 12.7. The number of nitrogens with zero attached hydrogens (tertiary/aromatic N) is 3. The number of amides is 3. The van der Waals surface area contributed by atoms with Crippen molar-refractivity contribution >= 4 is 61.3 Å². The second kappa shape index (κ2) is 7.75. The summed E-state index contributed by atoms with van der Waals surface area (Å²) in [5, 5.41) is 16.2. The van der Waals surface area contributed by atoms with Crippen LogP contribution in [0.3, 0.4) is 0 Å². The summed E-state index contributed by atoms with van der Waals surface area (Å²) in [5.74, 6) is -1.01. The van der Waals surface area contributed by atoms with Gasteiger partial charge in [0.15, 0.2) is 0 Å². The fourth-order valence-electron chi connectivity index (χ4n) is 6.50. The van der Waals surface area contributed by atoms with Crippen LogP contribution in [0.2, 0.25) is 0 Å². The van der Waals surface area contributed by atoms with Crippen molar-refractivity contribution in [1.82, 2.24) is 24.8 Å². The minimum atomic E-state index is -0.528. The SMILES string of the molecule is O=C1NC(=O)c2c1c1c3ccccc3[nH]c1c1c2c2cccc3c2n1C[C@H](CO)N(C(=O)c1ccncc1)C3. The Morgan fingerprint density at radius 1 is 0.923 bits per heavy atom. The zero-order valence-electron chi connectivity index (χ0n) is 20.6. The number of hydrogen-bond donors (Lipinski definition) is 3. The molecule has 190 valence electrons. The highest BCUT2D eigenvalue weighted by Gasteiger charge is 2.38. The van der Waals surface area contributed by atoms with Crippen LogP contribution >= 0.6 is 0 Å². The molecular weight excluding hydrogens is 494 g/mol. The molecule has 1 atom stereocenters. The normalized spacial score (nSPS) is 16.8. The number of aliphatic hydroxyl groups is 1. The largest absolute Gasteiger partial charge is 0.394 e. The predicted molar refractivity (Wildman–Crippen MR) is 146 cm³/mol. The van der Waals surface area contributed by atoms with E-state index in [4.69, 9.17) is 0 Å². The molecule has 0 aliphatic carbocycles. The maximum absolute atomic E-state index is 13.6. The smallest absolute Gasteiger partial charge is 0.259 e. The van der Waals surface area contributed by atoms with E-state index in [0.717, 1.165) is 38.4 Å². The summed E-state index contributed by atoms with van der Waals surface area (Å²) < 4.78 is 2.11. The van der Waals surface area contributed by atoms with E-state index in [1.807, 2.05) is 42.5 Å². The molecule has 3 amide bonds. The molecule has 0 fully saturated rings. The molecule has 0 saturated carbocycles. The monoisotopic (exact) mass is 515 g/mol. The third kappa shape index (κ3) is 2.82. The molecule has 0 unspecified atom stereocenters. The third-order valence-electron chi connectivity index (χ3n) is 8.11. The standard InChI is InChI=1S/C30H21N5O4/c36-14-17-13-35-26-16(12-34(17)30(39)15-8-10-31-11-9-15)4-3-6-19(26)22-24-23(28(37)33-29(24)38)21-18-5-1-2-7-20(18)32-25(21)27(22)35/h1-11,17,32,36H,12-14H2,(H,33,37,38)/t17-/m1/s1. The number of H-pyrrole nitrogens is 1. The summed E-state index contributed by atoms with van der Waals surface area (Å²) in [7, 11) is 0. The van der Waals surface area contributed by atoms with Gasteiger partial charge in [0.05, 0.1) is 40.3 Å². The molecule has 39 heavy (non-hydrogen) atoms. The van der Waals surface area contributed by atoms with Crippen molar-refractivity contribution in [1.29, 1.82) is 0 Å². The number of benzene rings is 3. The number of carbonyl (C=O) groups is 3. The number of aliphatic hydroxyl groups excluding tert-OH is 1. The maximum atomic E-state index is 13.6. The van der Waals surface area contributed by atoms with Crippen molar-refractivity contribution in [2.75, 3.05) is 6.61 Å². The quantitative estimate of drug-likeness (QED) is 0.304. The summed E-state index contributed by atoms with van der Waals surface area (Å²) in [6, 6.07) is 16.4. The predicted octanol–water partition coefficient (Wildman–Crippen LogP) is 3.72. The van der Waals surface area contributed by atoms with Crippen LogP contribution < -0.4 is 5.32 Å². The van der Waals surface area contributed by atoms with Crippen LogP contribution in [-0.2, 0) is 13.1 Å². The zero-order chi connectivity index (χ0) is 26.4. The van der Waals surface area contributed by atoms with Crippen molar-refractivity contribution in [3.05, 3.63) is 89.2 Å². The van der Waals surface area contributed by atoms with E-state index < -0.39 is 17.9 Å². The lowest BCUT2D eigenvalue weighted by Crippen LogP contribution is -2.43. The van der Waals surface area contributed by atoms with E-state index in [9.17, 15) is 19.5 Å². The van der Waals surface area contributed by atoms with Crippen molar-refractivity contribution in [3.8, 4) is 0 Å². The Kier molecular flexibility index (Phi) is 4.37. The number of imide groups is 1. The molecule has 9 heteroatoms. The van der Waals surface area contributed by atoms with Gasteiger partial charge in [-0.25, -0.2) is 0 Å². The highest BCUT2D eigenvalue weighted by atomic mass is 16.3. The van der Waals surface area contributed by atoms with Crippen molar-refractivity contribution in [3.63, 3.8) is 0 Å². The zero-order valence-corrected chi connectivity index (χ0v) is 20.6. The molecule has 0 saturated heterocycles. The molecule has 8 rings (SSSR count). The second-order valence-electron chi connectivity index (χ2n) is 10.1. The topological polar surface area (TPSA) is 120 Å². The number of nitrogens with one attached hydrogen (secondary N) is 2. The number of pyridine rings is 1. The van der Waals surface area contributed by atoms with Crippen LogP contribution in [0, 0.1) is 0 Å². The van der Waals surface area contributed by atoms with Gasteiger partial charge in [0, 0.05) is 58.1 Å². The molecule has 3 aromatic carbocycles. The first-order valence-corrected chi connectivity index (χ1v) is 12.7. The van der Waals surface area contributed by atoms with E-state index >= 15 is 0 Å². The Bertz CT molecular complexity index is 2060. The molecule has 0 radical (unpaired) electrons. The van der Waals surface area contributed by atoms with Gasteiger partial charge in [-0.1, -0.05) is 36.4 Å². The molecule has 0 bridgehead atoms. The Morgan fingerprint density at radius 3 is 2.46 bits per heavy atom. The van der Waals surface area contributed by atoms with E-state index in [1.165, 1.54) is 0 Å². The number of aromatic nitrogens is 3. The van der Waals surface area contributed by atoms with Crippen LogP contribution in [0.25, 0.3) is 43.6 Å². The molecule has 2 aliphatic heterocycles. The van der Waals surface area contributed by atoms with Gasteiger partial charge >= 0.3 is 0 Å². The highest BCUT2D eigenvalue weighted by molar-refractivity contribution is 6.39. The maximum Gasteiger partial charge on any atom is 0.259 e. The number of aromatic amines is 1. The first kappa shape index (κ1) is 22.0. The molecule has 2 aliphatic rings. The minimum absolute atomic E-state index is 0.190. The van der Waals surface area contributed by atoms with Gasteiger partial charge in [0.25, 0.3) is 17.7 Å². The number of para-hydroxylation sites is 2. The Morgan fingerprint density at radius 2 is 1.67 bits per heavy atom. The fraction of sp³-hybridized carbons (Fsp3) is 0.133. The van der Waals surface area contributed by atoms with E-state index in [1.54, 1.807) is 29.4 Å². The lowest BCUT2D eigenvalue weighted by Gasteiger charge is -2.29. The van der Waals surface area contributed by atoms with Crippen LogP contribution in [0.4, 0.5) is 0 Å². The summed E-state index contributed by atoms with van der Waals surface area (Å²) >= 11 is 0. The van der Waals surface area contributed by atoms with Crippen LogP contribution in [0.5, 0.6) is 0 Å². The lowest BCUT2D eigenvalue weighted by molar-refractivity contribution is 0.0555. The molecule has 3 N–H and O–H groups in total. The second-order valence-corrected chi connectivity index (χ2v) is 10.1. The van der Waals surface area contributed by atoms with Gasteiger partial charge < -0.3 is 19.6 Å². The number of fused-ring (bicyclic) bond motifs is 10. The van der Waals surface area contributed by atoms with Gasteiger partial charge in [0.2, 0.25) is 0 Å². The van der Waals surface area contributed by atoms with Gasteiger partial charge in [-0.3, -0.25) is 24.7 Å². The molecular formula is C30H21N5O4. The fourth-order valence-corrected chi connectivity index (χ4v) is 6.50. The number of hydrogen-bond acceptors (Lipinski definition) is 5. The van der Waals surface area contributed by atoms with Crippen LogP contribution in [0.15, 0.2) is 67.0 Å². The van der Waals surface area contributed by atoms with Crippen molar-refractivity contribution in [2.24, 2.45) is 0 Å². The van der Waals surface area contributed by atoms with E-state index in [-0.39, 0.29) is 19.1 Å². The number of carbonyl (C=O) groups excluding carboxylic acids is 3. The lowest BCUT2D eigenvalue weighted by atomic mass is 9.96. The van der Waals surface area contributed by atoms with E-state index in [2.05, 4.69) is 19.9 Å². The van der Waals surface area contributed by atoms with Gasteiger partial charge in [-0.05, 0) is 23.8 Å². The average Bonchev–Trinajstić information content (AvgIpc) is 3.55. The van der Waals surface area contributed by atoms with Crippen molar-refractivity contribution in [2.45, 2.75) is 19.1 Å². The molecule has 0 spiro atoms. The summed E-state index contributed by atoms with van der Waals surface area (Å²) in [6.45, 7) is 0.345. The highest BCUT2D eigenvalue weighted by Crippen LogP contribution is 2.45. The third-order valence-corrected chi connectivity index (χ3v) is 8.11. The summed E-state index contributed by atoms with van der Waals surface area (Å²) in [4.78, 5) is 49.3. The average molecular weight is 516 g/mol. The first-order chi connectivity index (χ1) is 19.1. The summed E-state index contributed by atoms with van der Waals surface area (Å²) in [5.41, 5.74) is 5.42. The molecule has 9 nitrogen and oxygen atoms in total. The van der Waals surface area contributed by atoms with E-state index in [0.29, 0.717) is 34.0 Å². The molecule has 6 aromatic rings. The minimum Gasteiger partial charge on any atom is -0.394 e. The van der Waals surface area contributed by atoms with Crippen LogP contribution in [0.1, 0.15) is 36.6 Å². The number of rotatable bonds is 2. The van der Waals surface area contributed by atoms with Crippen molar-refractivity contribution < 1.29 is 19.5 Å². The summed E-state index contributed by atoms with van der Waals surface area (Å²) in [6.07, 6.45) is 3.16. The van der Waals surface area contributed by atoms with Gasteiger partial charge in [0.1, 0.15) is 0 Å².